The van der Waals surface area contributed by atoms with Crippen LogP contribution >= 0.6 is 15.9 Å². The van der Waals surface area contributed by atoms with Crippen molar-refractivity contribution in [3.8, 4) is 0 Å². The summed E-state index contributed by atoms with van der Waals surface area (Å²) >= 11 is 3.22. The first-order chi connectivity index (χ1) is 9.36. The van der Waals surface area contributed by atoms with Crippen molar-refractivity contribution in [1.29, 1.82) is 0 Å². The third kappa shape index (κ3) is 4.00. The van der Waals surface area contributed by atoms with Gasteiger partial charge in [-0.05, 0) is 40.9 Å². The molecule has 110 valence electrons. The number of nitrogens with zero attached hydrogens (tertiary/aromatic N) is 2. The zero-order chi connectivity index (χ0) is 14.8. The van der Waals surface area contributed by atoms with Crippen LogP contribution in [0.3, 0.4) is 0 Å². The summed E-state index contributed by atoms with van der Waals surface area (Å²) in [4.78, 5) is 16.0. The van der Waals surface area contributed by atoms with Gasteiger partial charge in [-0.25, -0.2) is 17.7 Å². The average Bonchev–Trinajstić information content (AvgIpc) is 2.38. The minimum absolute atomic E-state index is 0.00689. The Balaban J connectivity index is 1.91. The van der Waals surface area contributed by atoms with Gasteiger partial charge in [-0.15, -0.1) is 0 Å². The van der Waals surface area contributed by atoms with Crippen molar-refractivity contribution in [2.24, 2.45) is 0 Å². The molecule has 0 unspecified atom stereocenters. The second-order valence-corrected chi connectivity index (χ2v) is 7.57. The number of piperidine rings is 1. The van der Waals surface area contributed by atoms with Crippen LogP contribution in [0.25, 0.3) is 0 Å². The lowest BCUT2D eigenvalue weighted by atomic mass is 10.1. The highest BCUT2D eigenvalue weighted by molar-refractivity contribution is 9.10. The predicted molar refractivity (Wildman–Crippen MR) is 78.8 cm³/mol. The van der Waals surface area contributed by atoms with Crippen LogP contribution in [0.2, 0.25) is 0 Å². The lowest BCUT2D eigenvalue weighted by Gasteiger charge is -2.30. The van der Waals surface area contributed by atoms with Crippen LogP contribution in [0, 0.1) is 0 Å². The molecule has 0 radical (unpaired) electrons. The fourth-order valence-electron chi connectivity index (χ4n) is 2.14. The molecule has 0 atom stereocenters. The highest BCUT2D eigenvalue weighted by Gasteiger charge is 2.25. The molecule has 1 aromatic rings. The summed E-state index contributed by atoms with van der Waals surface area (Å²) in [5, 5.41) is 2.93. The average molecular weight is 362 g/mol. The number of hydrogen-bond acceptors (Lipinski definition) is 4. The number of hydrogen-bond donors (Lipinski definition) is 1. The Kier molecular flexibility index (Phi) is 4.77. The van der Waals surface area contributed by atoms with Gasteiger partial charge in [0.1, 0.15) is 4.60 Å². The topological polar surface area (TPSA) is 79.4 Å². The van der Waals surface area contributed by atoms with E-state index in [4.69, 9.17) is 0 Å². The van der Waals surface area contributed by atoms with Crippen LogP contribution in [0.5, 0.6) is 0 Å². The molecule has 6 nitrogen and oxygen atoms in total. The second-order valence-electron chi connectivity index (χ2n) is 4.78. The number of rotatable bonds is 3. The Morgan fingerprint density at radius 3 is 2.65 bits per heavy atom. The van der Waals surface area contributed by atoms with Crippen LogP contribution in [-0.2, 0) is 10.0 Å². The highest BCUT2D eigenvalue weighted by Crippen LogP contribution is 2.14. The molecule has 2 heterocycles. The molecule has 1 N–H and O–H groups in total. The van der Waals surface area contributed by atoms with E-state index in [-0.39, 0.29) is 11.9 Å². The van der Waals surface area contributed by atoms with E-state index in [0.717, 1.165) is 0 Å². The van der Waals surface area contributed by atoms with Gasteiger partial charge in [-0.1, -0.05) is 0 Å². The third-order valence-corrected chi connectivity index (χ3v) is 4.98. The number of carbonyl (C=O) groups is 1. The number of aromatic nitrogens is 1. The molecule has 0 bridgehead atoms. The quantitative estimate of drug-likeness (QED) is 0.814. The van der Waals surface area contributed by atoms with Crippen LogP contribution in [-0.4, -0.2) is 49.0 Å². The Hall–Kier alpha value is -0.990. The molecule has 0 aliphatic carbocycles. The molecule has 1 aliphatic heterocycles. The number of sulfonamides is 1. The summed E-state index contributed by atoms with van der Waals surface area (Å²) in [5.74, 6) is -0.161. The van der Waals surface area contributed by atoms with Crippen LogP contribution < -0.4 is 5.32 Å². The van der Waals surface area contributed by atoms with Gasteiger partial charge in [0.25, 0.3) is 5.91 Å². The number of amides is 1. The molecule has 1 fully saturated rings. The Morgan fingerprint density at radius 1 is 1.45 bits per heavy atom. The molecule has 1 amide bonds. The lowest BCUT2D eigenvalue weighted by Crippen LogP contribution is -2.46. The van der Waals surface area contributed by atoms with E-state index in [1.165, 1.54) is 10.6 Å². The molecule has 20 heavy (non-hydrogen) atoms. The fourth-order valence-corrected chi connectivity index (χ4v) is 3.38. The maximum atomic E-state index is 12.1. The minimum atomic E-state index is -3.13. The smallest absolute Gasteiger partial charge is 0.251 e. The third-order valence-electron chi connectivity index (χ3n) is 3.25. The van der Waals surface area contributed by atoms with Crippen molar-refractivity contribution in [3.63, 3.8) is 0 Å². The summed E-state index contributed by atoms with van der Waals surface area (Å²) in [6.07, 6.45) is 4.03. The lowest BCUT2D eigenvalue weighted by molar-refractivity contribution is 0.0923. The van der Waals surface area contributed by atoms with Gasteiger partial charge in [0, 0.05) is 30.9 Å². The maximum Gasteiger partial charge on any atom is 0.251 e. The number of nitrogens with one attached hydrogen (secondary N) is 1. The first-order valence-electron chi connectivity index (χ1n) is 6.24. The highest BCUT2D eigenvalue weighted by atomic mass is 79.9. The Bertz CT molecular complexity index is 598. The van der Waals surface area contributed by atoms with E-state index in [1.807, 2.05) is 0 Å². The molecule has 0 spiro atoms. The monoisotopic (exact) mass is 361 g/mol. The molecular weight excluding hydrogens is 346 g/mol. The van der Waals surface area contributed by atoms with E-state index in [9.17, 15) is 13.2 Å². The molecule has 1 saturated heterocycles. The Labute approximate surface area is 126 Å². The molecule has 2 rings (SSSR count). The summed E-state index contributed by atoms with van der Waals surface area (Å²) < 4.78 is 24.9. The van der Waals surface area contributed by atoms with E-state index in [1.54, 1.807) is 18.3 Å². The SMILES string of the molecule is CS(=O)(=O)N1CCC(NC(=O)c2ccnc(Br)c2)CC1. The molecule has 0 aromatic carbocycles. The number of pyridine rings is 1. The van der Waals surface area contributed by atoms with Crippen molar-refractivity contribution < 1.29 is 13.2 Å². The van der Waals surface area contributed by atoms with Crippen molar-refractivity contribution in [1.82, 2.24) is 14.6 Å². The number of carbonyl (C=O) groups excluding carboxylic acids is 1. The van der Waals surface area contributed by atoms with Crippen LogP contribution in [0.1, 0.15) is 23.2 Å². The second kappa shape index (κ2) is 6.19. The van der Waals surface area contributed by atoms with Gasteiger partial charge >= 0.3 is 0 Å². The van der Waals surface area contributed by atoms with Crippen molar-refractivity contribution in [2.45, 2.75) is 18.9 Å². The van der Waals surface area contributed by atoms with Gasteiger partial charge in [0.15, 0.2) is 0 Å². The summed E-state index contributed by atoms with van der Waals surface area (Å²) in [6.45, 7) is 0.896. The molecule has 1 aromatic heterocycles. The van der Waals surface area contributed by atoms with Crippen LogP contribution in [0.15, 0.2) is 22.9 Å². The fraction of sp³-hybridized carbons (Fsp3) is 0.500. The standard InChI is InChI=1S/C12H16BrN3O3S/c1-20(18,19)16-6-3-10(4-7-16)15-12(17)9-2-5-14-11(13)8-9/h2,5,8,10H,3-4,6-7H2,1H3,(H,15,17). The summed E-state index contributed by atoms with van der Waals surface area (Å²) in [5.41, 5.74) is 0.539. The van der Waals surface area contributed by atoms with Gasteiger partial charge in [-0.3, -0.25) is 4.79 Å². The molecule has 8 heteroatoms. The normalized spacial score (nSPS) is 17.9. The summed E-state index contributed by atoms with van der Waals surface area (Å²) in [7, 11) is -3.13. The maximum absolute atomic E-state index is 12.1. The molecule has 1 aliphatic rings. The first kappa shape index (κ1) is 15.4. The van der Waals surface area contributed by atoms with Crippen LogP contribution in [0.4, 0.5) is 0 Å². The van der Waals surface area contributed by atoms with Gasteiger partial charge in [0.05, 0.1) is 6.26 Å². The van der Waals surface area contributed by atoms with E-state index >= 15 is 0 Å². The first-order valence-corrected chi connectivity index (χ1v) is 8.88. The van der Waals surface area contributed by atoms with E-state index in [2.05, 4.69) is 26.2 Å². The minimum Gasteiger partial charge on any atom is -0.349 e. The van der Waals surface area contributed by atoms with Gasteiger partial charge in [-0.2, -0.15) is 0 Å². The predicted octanol–water partition coefficient (Wildman–Crippen LogP) is 0.998. The largest absolute Gasteiger partial charge is 0.349 e. The molecular formula is C12H16BrN3O3S. The van der Waals surface area contributed by atoms with Crippen molar-refractivity contribution in [3.05, 3.63) is 28.5 Å². The van der Waals surface area contributed by atoms with E-state index in [0.29, 0.717) is 36.1 Å². The number of halogens is 1. The van der Waals surface area contributed by atoms with E-state index < -0.39 is 10.0 Å². The molecule has 0 saturated carbocycles. The summed E-state index contributed by atoms with van der Waals surface area (Å²) in [6, 6.07) is 3.31. The van der Waals surface area contributed by atoms with Gasteiger partial charge < -0.3 is 5.32 Å². The van der Waals surface area contributed by atoms with Gasteiger partial charge in [0.2, 0.25) is 10.0 Å². The Morgan fingerprint density at radius 2 is 2.10 bits per heavy atom. The van der Waals surface area contributed by atoms with Crippen molar-refractivity contribution >= 4 is 31.9 Å². The van der Waals surface area contributed by atoms with Crippen molar-refractivity contribution in [2.75, 3.05) is 19.3 Å². The zero-order valence-corrected chi connectivity index (χ0v) is 13.4. The zero-order valence-electron chi connectivity index (χ0n) is 11.0.